The van der Waals surface area contributed by atoms with E-state index in [2.05, 4.69) is 77.8 Å². The minimum absolute atomic E-state index is 0.0912. The van der Waals surface area contributed by atoms with Crippen LogP contribution in [0.5, 0.6) is 0 Å². The van der Waals surface area contributed by atoms with Crippen LogP contribution in [0.3, 0.4) is 0 Å². The number of para-hydroxylation sites is 1. The molecule has 5 nitrogen and oxygen atoms in total. The van der Waals surface area contributed by atoms with Crippen molar-refractivity contribution in [2.45, 2.75) is 39.8 Å². The van der Waals surface area contributed by atoms with Crippen molar-refractivity contribution in [1.29, 1.82) is 0 Å². The minimum atomic E-state index is -0.132. The molecule has 0 radical (unpaired) electrons. The fraction of sp³-hybridized carbons (Fsp3) is 0.444. The summed E-state index contributed by atoms with van der Waals surface area (Å²) in [6.07, 6.45) is 0. The molecular formula is C27H36FN5. The maximum Gasteiger partial charge on any atom is 0.146 e. The number of hydrogen-bond donors (Lipinski definition) is 1. The fourth-order valence-electron chi connectivity index (χ4n) is 4.49. The van der Waals surface area contributed by atoms with Crippen LogP contribution in [0.4, 0.5) is 10.1 Å². The fourth-order valence-corrected chi connectivity index (χ4v) is 4.49. The molecule has 0 bridgehead atoms. The van der Waals surface area contributed by atoms with E-state index >= 15 is 0 Å². The van der Waals surface area contributed by atoms with Crippen molar-refractivity contribution in [1.82, 2.24) is 20.0 Å². The van der Waals surface area contributed by atoms with Gasteiger partial charge in [0, 0.05) is 51.4 Å². The molecule has 0 saturated carbocycles. The van der Waals surface area contributed by atoms with Gasteiger partial charge in [-0.1, -0.05) is 42.5 Å². The summed E-state index contributed by atoms with van der Waals surface area (Å²) in [4.78, 5) is 4.59. The van der Waals surface area contributed by atoms with Gasteiger partial charge in [0.15, 0.2) is 0 Å². The van der Waals surface area contributed by atoms with Crippen LogP contribution in [-0.2, 0) is 12.1 Å². The number of halogens is 1. The smallest absolute Gasteiger partial charge is 0.146 e. The van der Waals surface area contributed by atoms with E-state index in [0.29, 0.717) is 0 Å². The molecule has 1 aliphatic rings. The van der Waals surface area contributed by atoms with Crippen LogP contribution in [0.15, 0.2) is 54.6 Å². The average Bonchev–Trinajstić information content (AvgIpc) is 3.15. The number of nitrogens with one attached hydrogen (secondary N) is 1. The Morgan fingerprint density at radius 1 is 0.939 bits per heavy atom. The molecular weight excluding hydrogens is 413 g/mol. The predicted molar refractivity (Wildman–Crippen MR) is 134 cm³/mol. The van der Waals surface area contributed by atoms with Crippen LogP contribution in [0.2, 0.25) is 0 Å². The molecule has 1 saturated heterocycles. The second-order valence-corrected chi connectivity index (χ2v) is 9.83. The standard InChI is InChI=1S/C27H36FN5/c1-21-24(30-33(27(2,3)4)26(21)22-10-6-5-7-11-22)20-29-14-15-31-16-18-32(19-17-31)25-13-9-8-12-23(25)28/h5-13,29H,14-20H2,1-4H3. The highest BCUT2D eigenvalue weighted by Gasteiger charge is 2.24. The van der Waals surface area contributed by atoms with E-state index in [4.69, 9.17) is 5.10 Å². The van der Waals surface area contributed by atoms with Crippen molar-refractivity contribution in [2.75, 3.05) is 44.2 Å². The Morgan fingerprint density at radius 2 is 1.61 bits per heavy atom. The molecule has 0 aliphatic carbocycles. The van der Waals surface area contributed by atoms with E-state index in [-0.39, 0.29) is 11.4 Å². The molecule has 1 aliphatic heterocycles. The summed E-state index contributed by atoms with van der Waals surface area (Å²) in [5.74, 6) is -0.132. The van der Waals surface area contributed by atoms with E-state index in [0.717, 1.165) is 57.2 Å². The molecule has 3 aromatic rings. The van der Waals surface area contributed by atoms with E-state index in [1.165, 1.54) is 22.9 Å². The first kappa shape index (κ1) is 23.5. The summed E-state index contributed by atoms with van der Waals surface area (Å²) >= 11 is 0. The van der Waals surface area contributed by atoms with E-state index in [1.54, 1.807) is 6.07 Å². The highest BCUT2D eigenvalue weighted by Crippen LogP contribution is 2.30. The minimum Gasteiger partial charge on any atom is -0.367 e. The van der Waals surface area contributed by atoms with Gasteiger partial charge in [0.1, 0.15) is 5.82 Å². The summed E-state index contributed by atoms with van der Waals surface area (Å²) in [6.45, 7) is 15.0. The lowest BCUT2D eigenvalue weighted by Gasteiger charge is -2.36. The molecule has 0 unspecified atom stereocenters. The molecule has 1 fully saturated rings. The van der Waals surface area contributed by atoms with Crippen molar-refractivity contribution in [3.8, 4) is 11.3 Å². The van der Waals surface area contributed by atoms with Gasteiger partial charge in [0.05, 0.1) is 22.6 Å². The van der Waals surface area contributed by atoms with Crippen molar-refractivity contribution in [3.05, 3.63) is 71.7 Å². The zero-order valence-corrected chi connectivity index (χ0v) is 20.3. The molecule has 0 amide bonds. The van der Waals surface area contributed by atoms with Crippen LogP contribution in [0.25, 0.3) is 11.3 Å². The van der Waals surface area contributed by atoms with Crippen LogP contribution in [0.1, 0.15) is 32.0 Å². The van der Waals surface area contributed by atoms with Gasteiger partial charge < -0.3 is 10.2 Å². The summed E-state index contributed by atoms with van der Waals surface area (Å²) in [6, 6.07) is 17.6. The highest BCUT2D eigenvalue weighted by molar-refractivity contribution is 5.64. The Hall–Kier alpha value is -2.70. The third-order valence-corrected chi connectivity index (χ3v) is 6.37. The van der Waals surface area contributed by atoms with Gasteiger partial charge in [-0.3, -0.25) is 9.58 Å². The van der Waals surface area contributed by atoms with Gasteiger partial charge in [0.2, 0.25) is 0 Å². The molecule has 0 spiro atoms. The average molecular weight is 450 g/mol. The number of piperazine rings is 1. The molecule has 0 atom stereocenters. The van der Waals surface area contributed by atoms with Crippen molar-refractivity contribution >= 4 is 5.69 Å². The number of benzene rings is 2. The van der Waals surface area contributed by atoms with Gasteiger partial charge in [-0.05, 0) is 45.4 Å². The third-order valence-electron chi connectivity index (χ3n) is 6.37. The Balaban J connectivity index is 1.32. The third kappa shape index (κ3) is 5.45. The molecule has 33 heavy (non-hydrogen) atoms. The van der Waals surface area contributed by atoms with Crippen molar-refractivity contribution in [2.24, 2.45) is 0 Å². The van der Waals surface area contributed by atoms with E-state index < -0.39 is 0 Å². The molecule has 2 aromatic carbocycles. The largest absolute Gasteiger partial charge is 0.367 e. The zero-order valence-electron chi connectivity index (χ0n) is 20.3. The second kappa shape index (κ2) is 10.1. The summed E-state index contributed by atoms with van der Waals surface area (Å²) in [5, 5.41) is 8.59. The Bertz CT molecular complexity index is 1050. The van der Waals surface area contributed by atoms with Crippen LogP contribution >= 0.6 is 0 Å². The number of anilines is 1. The van der Waals surface area contributed by atoms with Gasteiger partial charge in [-0.25, -0.2) is 4.39 Å². The first-order chi connectivity index (χ1) is 15.8. The number of nitrogens with zero attached hydrogens (tertiary/aromatic N) is 4. The summed E-state index contributed by atoms with van der Waals surface area (Å²) in [5.41, 5.74) is 5.37. The molecule has 176 valence electrons. The van der Waals surface area contributed by atoms with Crippen LogP contribution in [0, 0.1) is 12.7 Å². The lowest BCUT2D eigenvalue weighted by Crippen LogP contribution is -2.48. The van der Waals surface area contributed by atoms with E-state index in [9.17, 15) is 4.39 Å². The zero-order chi connectivity index (χ0) is 23.4. The van der Waals surface area contributed by atoms with Gasteiger partial charge in [0.25, 0.3) is 0 Å². The van der Waals surface area contributed by atoms with Gasteiger partial charge >= 0.3 is 0 Å². The van der Waals surface area contributed by atoms with Gasteiger partial charge in [-0.15, -0.1) is 0 Å². The predicted octanol–water partition coefficient (Wildman–Crippen LogP) is 4.66. The molecule has 1 N–H and O–H groups in total. The van der Waals surface area contributed by atoms with Crippen LogP contribution in [-0.4, -0.2) is 53.9 Å². The monoisotopic (exact) mass is 449 g/mol. The maximum absolute atomic E-state index is 14.1. The summed E-state index contributed by atoms with van der Waals surface area (Å²) < 4.78 is 16.2. The van der Waals surface area contributed by atoms with Crippen molar-refractivity contribution < 1.29 is 4.39 Å². The number of rotatable bonds is 7. The quantitative estimate of drug-likeness (QED) is 0.532. The van der Waals surface area contributed by atoms with E-state index in [1.807, 2.05) is 12.1 Å². The van der Waals surface area contributed by atoms with Crippen LogP contribution < -0.4 is 10.2 Å². The van der Waals surface area contributed by atoms with Gasteiger partial charge in [-0.2, -0.15) is 5.10 Å². The Labute approximate surface area is 197 Å². The Morgan fingerprint density at radius 3 is 2.27 bits per heavy atom. The Kier molecular flexibility index (Phi) is 7.15. The normalized spacial score (nSPS) is 15.2. The maximum atomic E-state index is 14.1. The lowest BCUT2D eigenvalue weighted by atomic mass is 10.0. The first-order valence-corrected chi connectivity index (χ1v) is 11.9. The molecule has 1 aromatic heterocycles. The molecule has 2 heterocycles. The number of aromatic nitrogens is 2. The van der Waals surface area contributed by atoms with Crippen molar-refractivity contribution in [3.63, 3.8) is 0 Å². The second-order valence-electron chi connectivity index (χ2n) is 9.83. The lowest BCUT2D eigenvalue weighted by molar-refractivity contribution is 0.256. The topological polar surface area (TPSA) is 36.3 Å². The first-order valence-electron chi connectivity index (χ1n) is 11.9. The SMILES string of the molecule is Cc1c(CNCCN2CCN(c3ccccc3F)CC2)nn(C(C)(C)C)c1-c1ccccc1. The highest BCUT2D eigenvalue weighted by atomic mass is 19.1. The summed E-state index contributed by atoms with van der Waals surface area (Å²) in [7, 11) is 0. The molecule has 6 heteroatoms. The molecule has 4 rings (SSSR count). The number of hydrogen-bond acceptors (Lipinski definition) is 4.